The number of rotatable bonds is 8. The summed E-state index contributed by atoms with van der Waals surface area (Å²) >= 11 is 1.61. The Morgan fingerprint density at radius 1 is 1.18 bits per heavy atom. The molecule has 0 saturated heterocycles. The zero-order chi connectivity index (χ0) is 15.8. The molecule has 118 valence electrons. The number of hydrogen-bond acceptors (Lipinski definition) is 4. The molecule has 1 aromatic carbocycles. The predicted molar refractivity (Wildman–Crippen MR) is 88.9 cm³/mol. The molecule has 22 heavy (non-hydrogen) atoms. The molecule has 0 unspecified atom stereocenters. The van der Waals surface area contributed by atoms with Gasteiger partial charge in [0.1, 0.15) is 0 Å². The molecule has 2 aromatic rings. The number of ether oxygens (including phenoxy) is 2. The summed E-state index contributed by atoms with van der Waals surface area (Å²) < 4.78 is 10.5. The molecule has 1 heterocycles. The highest BCUT2D eigenvalue weighted by Gasteiger charge is 2.06. The van der Waals surface area contributed by atoms with Gasteiger partial charge in [-0.05, 0) is 42.0 Å². The third-order valence-corrected chi connectivity index (χ3v) is 4.20. The van der Waals surface area contributed by atoms with Crippen molar-refractivity contribution in [3.05, 3.63) is 46.2 Å². The first-order valence-electron chi connectivity index (χ1n) is 7.23. The average molecular weight is 319 g/mol. The van der Waals surface area contributed by atoms with Crippen molar-refractivity contribution in [2.24, 2.45) is 0 Å². The highest BCUT2D eigenvalue weighted by Crippen LogP contribution is 2.27. The predicted octanol–water partition coefficient (Wildman–Crippen LogP) is 3.06. The van der Waals surface area contributed by atoms with E-state index in [4.69, 9.17) is 9.47 Å². The highest BCUT2D eigenvalue weighted by molar-refractivity contribution is 7.10. The second kappa shape index (κ2) is 8.44. The number of amides is 1. The van der Waals surface area contributed by atoms with Crippen LogP contribution < -0.4 is 14.8 Å². The molecular weight excluding hydrogens is 298 g/mol. The molecule has 0 aliphatic heterocycles. The van der Waals surface area contributed by atoms with E-state index in [9.17, 15) is 4.79 Å². The molecule has 5 heteroatoms. The molecule has 0 radical (unpaired) electrons. The molecule has 0 bridgehead atoms. The summed E-state index contributed by atoms with van der Waals surface area (Å²) in [5.41, 5.74) is 1.17. The topological polar surface area (TPSA) is 47.6 Å². The van der Waals surface area contributed by atoms with Gasteiger partial charge in [0.25, 0.3) is 0 Å². The van der Waals surface area contributed by atoms with Crippen LogP contribution in [0, 0.1) is 0 Å². The van der Waals surface area contributed by atoms with E-state index in [1.807, 2.05) is 35.7 Å². The molecule has 0 spiro atoms. The Balaban J connectivity index is 1.73. The first-order valence-corrected chi connectivity index (χ1v) is 8.11. The van der Waals surface area contributed by atoms with Crippen LogP contribution in [-0.4, -0.2) is 26.7 Å². The number of methoxy groups -OCH3 is 2. The van der Waals surface area contributed by atoms with Gasteiger partial charge in [0.2, 0.25) is 5.91 Å². The molecule has 0 atom stereocenters. The lowest BCUT2D eigenvalue weighted by atomic mass is 10.1. The molecule has 1 N–H and O–H groups in total. The summed E-state index contributed by atoms with van der Waals surface area (Å²) in [7, 11) is 3.26. The van der Waals surface area contributed by atoms with E-state index in [2.05, 4.69) is 5.32 Å². The smallest absolute Gasteiger partial charge is 0.225 e. The fourth-order valence-electron chi connectivity index (χ4n) is 2.19. The van der Waals surface area contributed by atoms with Gasteiger partial charge in [-0.1, -0.05) is 12.1 Å². The molecule has 0 fully saturated rings. The first kappa shape index (κ1) is 16.4. The second-order valence-electron chi connectivity index (χ2n) is 4.90. The monoisotopic (exact) mass is 319 g/mol. The van der Waals surface area contributed by atoms with Gasteiger partial charge in [0.05, 0.1) is 20.6 Å². The number of carbonyl (C=O) groups is 1. The van der Waals surface area contributed by atoms with Gasteiger partial charge in [0, 0.05) is 11.4 Å². The zero-order valence-corrected chi connectivity index (χ0v) is 13.7. The quantitative estimate of drug-likeness (QED) is 0.761. The standard InChI is InChI=1S/C17H21NO3S/c1-20-15-8-7-13(11-16(15)21-2)5-3-9-18-17(19)12-14-6-4-10-22-14/h4,6-8,10-11H,3,5,9,12H2,1-2H3,(H,18,19). The minimum absolute atomic E-state index is 0.0785. The lowest BCUT2D eigenvalue weighted by molar-refractivity contribution is -0.120. The summed E-state index contributed by atoms with van der Waals surface area (Å²) in [4.78, 5) is 12.9. The molecule has 2 rings (SSSR count). The van der Waals surface area contributed by atoms with Gasteiger partial charge in [0.15, 0.2) is 11.5 Å². The third kappa shape index (κ3) is 4.77. The van der Waals surface area contributed by atoms with E-state index >= 15 is 0 Å². The molecule has 0 aliphatic carbocycles. The minimum Gasteiger partial charge on any atom is -0.493 e. The van der Waals surface area contributed by atoms with Crippen LogP contribution >= 0.6 is 11.3 Å². The van der Waals surface area contributed by atoms with Crippen molar-refractivity contribution in [2.45, 2.75) is 19.3 Å². The van der Waals surface area contributed by atoms with E-state index < -0.39 is 0 Å². The number of hydrogen-bond donors (Lipinski definition) is 1. The minimum atomic E-state index is 0.0785. The number of aryl methyl sites for hydroxylation is 1. The van der Waals surface area contributed by atoms with E-state index in [0.717, 1.165) is 29.2 Å². The van der Waals surface area contributed by atoms with Crippen molar-refractivity contribution in [1.82, 2.24) is 5.32 Å². The number of benzene rings is 1. The Kier molecular flexibility index (Phi) is 6.27. The van der Waals surface area contributed by atoms with Crippen LogP contribution in [0.25, 0.3) is 0 Å². The molecule has 4 nitrogen and oxygen atoms in total. The van der Waals surface area contributed by atoms with E-state index in [-0.39, 0.29) is 5.91 Å². The van der Waals surface area contributed by atoms with Crippen LogP contribution in [0.3, 0.4) is 0 Å². The van der Waals surface area contributed by atoms with Gasteiger partial charge in [-0.25, -0.2) is 0 Å². The Hall–Kier alpha value is -2.01. The number of thiophene rings is 1. The Morgan fingerprint density at radius 2 is 2.00 bits per heavy atom. The number of carbonyl (C=O) groups excluding carboxylic acids is 1. The van der Waals surface area contributed by atoms with Crippen molar-refractivity contribution in [2.75, 3.05) is 20.8 Å². The fraction of sp³-hybridized carbons (Fsp3) is 0.353. The van der Waals surface area contributed by atoms with E-state index in [0.29, 0.717) is 13.0 Å². The van der Waals surface area contributed by atoms with Gasteiger partial charge in [-0.15, -0.1) is 11.3 Å². The maximum absolute atomic E-state index is 11.8. The van der Waals surface area contributed by atoms with Gasteiger partial charge in [-0.2, -0.15) is 0 Å². The average Bonchev–Trinajstić information content (AvgIpc) is 3.04. The van der Waals surface area contributed by atoms with E-state index in [1.54, 1.807) is 25.6 Å². The normalized spacial score (nSPS) is 10.3. The number of nitrogens with one attached hydrogen (secondary N) is 1. The van der Waals surface area contributed by atoms with Crippen LogP contribution in [0.5, 0.6) is 11.5 Å². The largest absolute Gasteiger partial charge is 0.493 e. The van der Waals surface area contributed by atoms with Crippen molar-refractivity contribution >= 4 is 17.2 Å². The summed E-state index contributed by atoms with van der Waals surface area (Å²) in [5.74, 6) is 1.55. The van der Waals surface area contributed by atoms with Gasteiger partial charge < -0.3 is 14.8 Å². The lowest BCUT2D eigenvalue weighted by Gasteiger charge is -2.10. The van der Waals surface area contributed by atoms with Crippen LogP contribution in [-0.2, 0) is 17.6 Å². The van der Waals surface area contributed by atoms with Crippen molar-refractivity contribution < 1.29 is 14.3 Å². The SMILES string of the molecule is COc1ccc(CCCNC(=O)Cc2cccs2)cc1OC. The highest BCUT2D eigenvalue weighted by atomic mass is 32.1. The van der Waals surface area contributed by atoms with Gasteiger partial charge >= 0.3 is 0 Å². The van der Waals surface area contributed by atoms with Crippen molar-refractivity contribution in [3.63, 3.8) is 0 Å². The Bertz CT molecular complexity index is 596. The first-order chi connectivity index (χ1) is 10.7. The summed E-state index contributed by atoms with van der Waals surface area (Å²) in [6.45, 7) is 0.679. The van der Waals surface area contributed by atoms with Crippen molar-refractivity contribution in [1.29, 1.82) is 0 Å². The van der Waals surface area contributed by atoms with Crippen LogP contribution in [0.1, 0.15) is 16.9 Å². The lowest BCUT2D eigenvalue weighted by Crippen LogP contribution is -2.26. The van der Waals surface area contributed by atoms with Crippen LogP contribution in [0.4, 0.5) is 0 Å². The fourth-order valence-corrected chi connectivity index (χ4v) is 2.89. The summed E-state index contributed by atoms with van der Waals surface area (Å²) in [6, 6.07) is 9.85. The molecule has 0 aliphatic rings. The van der Waals surface area contributed by atoms with Gasteiger partial charge in [-0.3, -0.25) is 4.79 Å². The van der Waals surface area contributed by atoms with Crippen LogP contribution in [0.15, 0.2) is 35.7 Å². The van der Waals surface area contributed by atoms with E-state index in [1.165, 1.54) is 5.56 Å². The Labute approximate surface area is 135 Å². The van der Waals surface area contributed by atoms with Crippen LogP contribution in [0.2, 0.25) is 0 Å². The molecule has 1 amide bonds. The maximum Gasteiger partial charge on any atom is 0.225 e. The van der Waals surface area contributed by atoms with Crippen molar-refractivity contribution in [3.8, 4) is 11.5 Å². The molecular formula is C17H21NO3S. The third-order valence-electron chi connectivity index (χ3n) is 3.33. The summed E-state index contributed by atoms with van der Waals surface area (Å²) in [5, 5.41) is 4.94. The zero-order valence-electron chi connectivity index (χ0n) is 12.9. The molecule has 1 aromatic heterocycles. The Morgan fingerprint density at radius 3 is 2.68 bits per heavy atom. The summed E-state index contributed by atoms with van der Waals surface area (Å²) in [6.07, 6.45) is 2.25. The maximum atomic E-state index is 11.8. The second-order valence-corrected chi connectivity index (χ2v) is 5.93. The molecule has 0 saturated carbocycles.